The lowest BCUT2D eigenvalue weighted by Gasteiger charge is -2.45. The summed E-state index contributed by atoms with van der Waals surface area (Å²) in [5.74, 6) is -2.80. The number of anilines is 1. The minimum Gasteiger partial charge on any atom is -0.366 e. The van der Waals surface area contributed by atoms with E-state index in [1.165, 1.54) is 12.3 Å². The van der Waals surface area contributed by atoms with Gasteiger partial charge in [0.2, 0.25) is 0 Å². The highest BCUT2D eigenvalue weighted by molar-refractivity contribution is 6.03. The fraction of sp³-hybridized carbons (Fsp3) is 0.393. The lowest BCUT2D eigenvalue weighted by molar-refractivity contribution is -0.127. The maximum atomic E-state index is 14.5. The van der Waals surface area contributed by atoms with E-state index in [-0.39, 0.29) is 34.8 Å². The number of carbonyl (C=O) groups excluding carboxylic acids is 1. The SMILES string of the molecule is CC1(C)CC2CC23OC(c2ccncc2NC(=O)c2ccc(F)c(-c4c(F)cccc4F)n2)CC(N)C13. The van der Waals surface area contributed by atoms with Crippen LogP contribution in [0.1, 0.15) is 55.3 Å². The summed E-state index contributed by atoms with van der Waals surface area (Å²) in [4.78, 5) is 21.2. The molecular weight excluding hydrogens is 481 g/mol. The third kappa shape index (κ3) is 3.83. The molecular formula is C28H27F3N4O2. The van der Waals surface area contributed by atoms with E-state index in [9.17, 15) is 18.0 Å². The van der Waals surface area contributed by atoms with Crippen LogP contribution in [-0.2, 0) is 4.74 Å². The van der Waals surface area contributed by atoms with Gasteiger partial charge in [-0.1, -0.05) is 19.9 Å². The molecule has 2 aliphatic carbocycles. The predicted octanol–water partition coefficient (Wildman–Crippen LogP) is 5.41. The van der Waals surface area contributed by atoms with E-state index in [2.05, 4.69) is 29.1 Å². The zero-order chi connectivity index (χ0) is 26.1. The smallest absolute Gasteiger partial charge is 0.274 e. The first-order valence-electron chi connectivity index (χ1n) is 12.4. The van der Waals surface area contributed by atoms with Crippen LogP contribution in [0, 0.1) is 34.7 Å². The fourth-order valence-electron chi connectivity index (χ4n) is 6.87. The summed E-state index contributed by atoms with van der Waals surface area (Å²) in [5, 5.41) is 2.77. The molecule has 5 unspecified atom stereocenters. The van der Waals surface area contributed by atoms with Gasteiger partial charge in [0.05, 0.1) is 29.2 Å². The van der Waals surface area contributed by atoms with Gasteiger partial charge >= 0.3 is 0 Å². The Morgan fingerprint density at radius 1 is 1.08 bits per heavy atom. The minimum atomic E-state index is -0.976. The Kier molecular flexibility index (Phi) is 5.44. The third-order valence-corrected chi connectivity index (χ3v) is 8.24. The van der Waals surface area contributed by atoms with Crippen molar-refractivity contribution in [2.75, 3.05) is 5.32 Å². The van der Waals surface area contributed by atoms with Gasteiger partial charge in [-0.05, 0) is 60.9 Å². The molecule has 37 heavy (non-hydrogen) atoms. The number of nitrogens with zero attached hydrogens (tertiary/aromatic N) is 2. The van der Waals surface area contributed by atoms with Crippen molar-refractivity contribution < 1.29 is 22.7 Å². The molecule has 1 aromatic carbocycles. The lowest BCUT2D eigenvalue weighted by atomic mass is 9.70. The van der Waals surface area contributed by atoms with Gasteiger partial charge < -0.3 is 15.8 Å². The van der Waals surface area contributed by atoms with Crippen molar-refractivity contribution >= 4 is 11.6 Å². The number of hydrogen-bond donors (Lipinski definition) is 2. The molecule has 1 aliphatic heterocycles. The van der Waals surface area contributed by atoms with E-state index >= 15 is 0 Å². The molecule has 3 aliphatic rings. The van der Waals surface area contributed by atoms with Crippen LogP contribution in [0.25, 0.3) is 11.3 Å². The third-order valence-electron chi connectivity index (χ3n) is 8.24. The first-order chi connectivity index (χ1) is 17.6. The number of aromatic nitrogens is 2. The Morgan fingerprint density at radius 2 is 1.84 bits per heavy atom. The van der Waals surface area contributed by atoms with Crippen molar-refractivity contribution in [3.63, 3.8) is 0 Å². The zero-order valence-electron chi connectivity index (χ0n) is 20.5. The molecule has 6 nitrogen and oxygen atoms in total. The average Bonchev–Trinajstić information content (AvgIpc) is 3.41. The van der Waals surface area contributed by atoms with E-state index in [4.69, 9.17) is 10.5 Å². The maximum Gasteiger partial charge on any atom is 0.274 e. The Bertz CT molecular complexity index is 1390. The molecule has 1 amide bonds. The molecule has 3 fully saturated rings. The highest BCUT2D eigenvalue weighted by atomic mass is 19.1. The van der Waals surface area contributed by atoms with Crippen molar-refractivity contribution in [2.24, 2.45) is 23.0 Å². The molecule has 5 atom stereocenters. The van der Waals surface area contributed by atoms with Gasteiger partial charge in [-0.15, -0.1) is 0 Å². The highest BCUT2D eigenvalue weighted by Gasteiger charge is 2.73. The van der Waals surface area contributed by atoms with Crippen LogP contribution in [0.5, 0.6) is 0 Å². The number of carbonyl (C=O) groups is 1. The number of pyridine rings is 2. The van der Waals surface area contributed by atoms with Crippen LogP contribution < -0.4 is 11.1 Å². The van der Waals surface area contributed by atoms with Gasteiger partial charge in [0.25, 0.3) is 5.91 Å². The molecule has 3 aromatic rings. The Labute approximate surface area is 212 Å². The fourth-order valence-corrected chi connectivity index (χ4v) is 6.87. The molecule has 2 saturated carbocycles. The van der Waals surface area contributed by atoms with E-state index in [1.54, 1.807) is 12.3 Å². The molecule has 1 spiro atoms. The first kappa shape index (κ1) is 24.1. The summed E-state index contributed by atoms with van der Waals surface area (Å²) < 4.78 is 49.8. The monoisotopic (exact) mass is 508 g/mol. The van der Waals surface area contributed by atoms with Crippen LogP contribution in [0.2, 0.25) is 0 Å². The number of hydrogen-bond acceptors (Lipinski definition) is 5. The number of nitrogens with two attached hydrogens (primary N) is 1. The average molecular weight is 509 g/mol. The van der Waals surface area contributed by atoms with E-state index < -0.39 is 34.6 Å². The molecule has 2 aromatic heterocycles. The summed E-state index contributed by atoms with van der Waals surface area (Å²) in [6, 6.07) is 7.05. The van der Waals surface area contributed by atoms with Crippen molar-refractivity contribution in [2.45, 2.75) is 50.9 Å². The Balaban J connectivity index is 1.28. The molecule has 0 bridgehead atoms. The van der Waals surface area contributed by atoms with Crippen molar-refractivity contribution in [3.8, 4) is 11.3 Å². The van der Waals surface area contributed by atoms with Gasteiger partial charge in [-0.25, -0.2) is 18.2 Å². The largest absolute Gasteiger partial charge is 0.366 e. The number of amides is 1. The van der Waals surface area contributed by atoms with Crippen LogP contribution in [-0.4, -0.2) is 27.5 Å². The maximum absolute atomic E-state index is 14.5. The predicted molar refractivity (Wildman–Crippen MR) is 131 cm³/mol. The quantitative estimate of drug-likeness (QED) is 0.492. The van der Waals surface area contributed by atoms with Crippen molar-refractivity contribution in [1.29, 1.82) is 0 Å². The number of benzene rings is 1. The molecule has 9 heteroatoms. The number of rotatable bonds is 4. The summed E-state index contributed by atoms with van der Waals surface area (Å²) in [7, 11) is 0. The number of halogens is 3. The highest BCUT2D eigenvalue weighted by Crippen LogP contribution is 2.72. The van der Waals surface area contributed by atoms with Crippen LogP contribution in [0.3, 0.4) is 0 Å². The van der Waals surface area contributed by atoms with E-state index in [0.717, 1.165) is 42.7 Å². The summed E-state index contributed by atoms with van der Waals surface area (Å²) in [6.07, 6.45) is 5.48. The van der Waals surface area contributed by atoms with Crippen molar-refractivity contribution in [1.82, 2.24) is 9.97 Å². The second-order valence-electron chi connectivity index (χ2n) is 11.1. The lowest BCUT2D eigenvalue weighted by Crippen LogP contribution is -2.51. The van der Waals surface area contributed by atoms with E-state index in [0.29, 0.717) is 18.0 Å². The van der Waals surface area contributed by atoms with Gasteiger partial charge in [0.15, 0.2) is 0 Å². The summed E-state index contributed by atoms with van der Waals surface area (Å²) in [5.41, 5.74) is 6.33. The standard InChI is InChI=1S/C28H27F3N4O2/c1-27(2)11-14-12-28(14)25(27)19(32)10-22(37-28)15-8-9-33-13-21(15)35-26(36)20-7-6-18(31)24(34-20)23-16(29)4-3-5-17(23)30/h3-9,13-14,19,22,25H,10-12,32H2,1-2H3,(H,35,36). The van der Waals surface area contributed by atoms with E-state index in [1.807, 2.05) is 0 Å². The molecule has 6 rings (SSSR count). The molecule has 3 N–H and O–H groups in total. The number of ether oxygens (including phenoxy) is 1. The normalized spacial score (nSPS) is 29.4. The van der Waals surface area contributed by atoms with Gasteiger partial charge in [0.1, 0.15) is 28.8 Å². The van der Waals surface area contributed by atoms with Gasteiger partial charge in [-0.3, -0.25) is 9.78 Å². The second kappa shape index (κ2) is 8.36. The zero-order valence-corrected chi connectivity index (χ0v) is 20.5. The Hall–Kier alpha value is -3.30. The molecule has 3 heterocycles. The summed E-state index contributed by atoms with van der Waals surface area (Å²) >= 11 is 0. The topological polar surface area (TPSA) is 90.1 Å². The van der Waals surface area contributed by atoms with Crippen LogP contribution in [0.4, 0.5) is 18.9 Å². The molecule has 192 valence electrons. The molecule has 0 radical (unpaired) electrons. The second-order valence-corrected chi connectivity index (χ2v) is 11.1. The minimum absolute atomic E-state index is 0.0463. The van der Waals surface area contributed by atoms with Crippen LogP contribution in [0.15, 0.2) is 48.8 Å². The first-order valence-corrected chi connectivity index (χ1v) is 12.4. The van der Waals surface area contributed by atoms with Gasteiger partial charge in [-0.2, -0.15) is 0 Å². The van der Waals surface area contributed by atoms with Gasteiger partial charge in [0, 0.05) is 23.7 Å². The molecule has 1 saturated heterocycles. The van der Waals surface area contributed by atoms with Crippen LogP contribution >= 0.6 is 0 Å². The van der Waals surface area contributed by atoms with Crippen molar-refractivity contribution in [3.05, 3.63) is 77.5 Å². The Morgan fingerprint density at radius 3 is 2.59 bits per heavy atom. The summed E-state index contributed by atoms with van der Waals surface area (Å²) in [6.45, 7) is 4.51. The number of nitrogens with one attached hydrogen (secondary N) is 1.